The quantitative estimate of drug-likeness (QED) is 0.618. The third-order valence-corrected chi connectivity index (χ3v) is 6.13. The number of fused-ring (bicyclic) bond motifs is 3. The highest BCUT2D eigenvalue weighted by atomic mass is 16.5. The number of imide groups is 1. The summed E-state index contributed by atoms with van der Waals surface area (Å²) in [7, 11) is 3.44. The molecule has 2 saturated heterocycles. The van der Waals surface area contributed by atoms with Gasteiger partial charge in [0.1, 0.15) is 6.04 Å². The van der Waals surface area contributed by atoms with Crippen molar-refractivity contribution < 1.29 is 19.1 Å². The van der Waals surface area contributed by atoms with E-state index in [0.29, 0.717) is 23.2 Å². The van der Waals surface area contributed by atoms with Crippen LogP contribution in [-0.2, 0) is 9.53 Å². The molecule has 0 N–H and O–H groups in total. The fourth-order valence-electron chi connectivity index (χ4n) is 4.80. The zero-order valence-electron chi connectivity index (χ0n) is 14.5. The van der Waals surface area contributed by atoms with Crippen LogP contribution in [0.1, 0.15) is 46.4 Å². The molecule has 4 rings (SSSR count). The van der Waals surface area contributed by atoms with Crippen molar-refractivity contribution in [1.82, 2.24) is 9.80 Å². The molecule has 2 amide bonds. The summed E-state index contributed by atoms with van der Waals surface area (Å²) < 4.78 is 4.99. The fraction of sp³-hybridized carbons (Fsp3) is 0.526. The van der Waals surface area contributed by atoms with Crippen LogP contribution < -0.4 is 0 Å². The summed E-state index contributed by atoms with van der Waals surface area (Å²) >= 11 is 0. The van der Waals surface area contributed by atoms with Gasteiger partial charge in [-0.15, -0.1) is 0 Å². The predicted molar refractivity (Wildman–Crippen MR) is 90.0 cm³/mol. The molecule has 3 aliphatic heterocycles. The predicted octanol–water partition coefficient (Wildman–Crippen LogP) is 1.70. The minimum absolute atomic E-state index is 0.0524. The molecule has 6 nitrogen and oxygen atoms in total. The minimum atomic E-state index is -0.839. The molecule has 6 heteroatoms. The Labute approximate surface area is 146 Å². The van der Waals surface area contributed by atoms with Crippen molar-refractivity contribution in [2.75, 3.05) is 14.2 Å². The van der Waals surface area contributed by atoms with Gasteiger partial charge in [0, 0.05) is 12.1 Å². The van der Waals surface area contributed by atoms with Crippen LogP contribution in [0.3, 0.4) is 0 Å². The van der Waals surface area contributed by atoms with Crippen LogP contribution in [0.15, 0.2) is 24.3 Å². The van der Waals surface area contributed by atoms with Crippen LogP contribution in [0.5, 0.6) is 0 Å². The molecule has 3 heterocycles. The summed E-state index contributed by atoms with van der Waals surface area (Å²) in [6.07, 6.45) is 3.82. The maximum Gasteiger partial charge on any atom is 0.329 e. The van der Waals surface area contributed by atoms with Gasteiger partial charge in [-0.05, 0) is 50.8 Å². The van der Waals surface area contributed by atoms with Crippen LogP contribution >= 0.6 is 0 Å². The second-order valence-electron chi connectivity index (χ2n) is 7.28. The van der Waals surface area contributed by atoms with E-state index in [0.717, 1.165) is 30.6 Å². The van der Waals surface area contributed by atoms with E-state index in [1.165, 1.54) is 7.11 Å². The van der Waals surface area contributed by atoms with E-state index >= 15 is 0 Å². The Morgan fingerprint density at radius 3 is 2.08 bits per heavy atom. The van der Waals surface area contributed by atoms with Gasteiger partial charge in [0.2, 0.25) is 0 Å². The molecule has 132 valence electrons. The zero-order chi connectivity index (χ0) is 17.7. The largest absolute Gasteiger partial charge is 0.467 e. The molecule has 0 aliphatic carbocycles. The van der Waals surface area contributed by atoms with Crippen molar-refractivity contribution >= 4 is 17.8 Å². The Morgan fingerprint density at radius 1 is 1.08 bits per heavy atom. The minimum Gasteiger partial charge on any atom is -0.467 e. The number of amides is 2. The molecule has 1 aromatic carbocycles. The van der Waals surface area contributed by atoms with Gasteiger partial charge in [-0.3, -0.25) is 14.5 Å². The van der Waals surface area contributed by atoms with E-state index in [9.17, 15) is 14.4 Å². The zero-order valence-corrected chi connectivity index (χ0v) is 14.5. The molecule has 0 spiro atoms. The number of rotatable bonds is 3. The molecule has 0 radical (unpaired) electrons. The van der Waals surface area contributed by atoms with Crippen LogP contribution in [0.25, 0.3) is 0 Å². The second-order valence-corrected chi connectivity index (χ2v) is 7.28. The van der Waals surface area contributed by atoms with Crippen LogP contribution in [0.2, 0.25) is 0 Å². The lowest BCUT2D eigenvalue weighted by Gasteiger charge is -2.40. The van der Waals surface area contributed by atoms with Gasteiger partial charge in [-0.25, -0.2) is 4.79 Å². The van der Waals surface area contributed by atoms with Gasteiger partial charge < -0.3 is 9.64 Å². The van der Waals surface area contributed by atoms with Crippen molar-refractivity contribution in [2.45, 2.75) is 43.8 Å². The Morgan fingerprint density at radius 2 is 1.60 bits per heavy atom. The van der Waals surface area contributed by atoms with Crippen LogP contribution in [0.4, 0.5) is 0 Å². The van der Waals surface area contributed by atoms with E-state index in [1.807, 2.05) is 0 Å². The summed E-state index contributed by atoms with van der Waals surface area (Å²) in [6.45, 7) is 0. The monoisotopic (exact) mass is 342 g/mol. The maximum absolute atomic E-state index is 12.8. The third kappa shape index (κ3) is 2.39. The molecular formula is C19H22N2O4. The average Bonchev–Trinajstić information content (AvgIpc) is 2.98. The van der Waals surface area contributed by atoms with Gasteiger partial charge in [0.25, 0.3) is 11.8 Å². The second kappa shape index (κ2) is 5.95. The lowest BCUT2D eigenvalue weighted by Crippen LogP contribution is -2.54. The first-order chi connectivity index (χ1) is 12.0. The highest BCUT2D eigenvalue weighted by Gasteiger charge is 2.50. The Hall–Kier alpha value is -2.21. The number of benzene rings is 1. The van der Waals surface area contributed by atoms with Gasteiger partial charge >= 0.3 is 5.97 Å². The standard InChI is InChI=1S/C19H22N2O4/c1-20-12-7-8-13(20)10-11(9-12)16(19(24)25-2)21-17(22)14-5-3-4-6-15(14)18(21)23/h3-6,11-13,16H,7-10H2,1-2H3. The number of esters is 1. The summed E-state index contributed by atoms with van der Waals surface area (Å²) in [5, 5.41) is 0. The normalized spacial score (nSPS) is 29.7. The number of piperidine rings is 1. The molecule has 2 bridgehead atoms. The molecule has 1 aromatic rings. The molecule has 2 fully saturated rings. The first-order valence-corrected chi connectivity index (χ1v) is 8.79. The van der Waals surface area contributed by atoms with Crippen LogP contribution in [-0.4, -0.2) is 59.9 Å². The number of hydrogen-bond acceptors (Lipinski definition) is 5. The highest BCUT2D eigenvalue weighted by molar-refractivity contribution is 6.22. The first-order valence-electron chi connectivity index (χ1n) is 8.79. The summed E-state index contributed by atoms with van der Waals surface area (Å²) in [5.74, 6) is -1.32. The Bertz CT molecular complexity index is 698. The Balaban J connectivity index is 1.68. The Kier molecular flexibility index (Phi) is 3.87. The summed E-state index contributed by atoms with van der Waals surface area (Å²) in [4.78, 5) is 41.8. The SMILES string of the molecule is COC(=O)C(C1CC2CCC(C1)N2C)N1C(=O)c2ccccc2C1=O. The van der Waals surface area contributed by atoms with Crippen molar-refractivity contribution in [1.29, 1.82) is 0 Å². The summed E-state index contributed by atoms with van der Waals surface area (Å²) in [6, 6.07) is 6.73. The number of carbonyl (C=O) groups is 3. The molecule has 0 saturated carbocycles. The fourth-order valence-corrected chi connectivity index (χ4v) is 4.80. The third-order valence-electron chi connectivity index (χ3n) is 6.13. The number of methoxy groups -OCH3 is 1. The molecule has 3 atom stereocenters. The molecule has 0 aromatic heterocycles. The number of hydrogen-bond donors (Lipinski definition) is 0. The van der Waals surface area contributed by atoms with Gasteiger partial charge in [0.05, 0.1) is 18.2 Å². The van der Waals surface area contributed by atoms with Crippen molar-refractivity contribution in [3.63, 3.8) is 0 Å². The topological polar surface area (TPSA) is 66.9 Å². The summed E-state index contributed by atoms with van der Waals surface area (Å²) in [5.41, 5.74) is 0.745. The van der Waals surface area contributed by atoms with E-state index in [4.69, 9.17) is 4.74 Å². The molecule has 3 aliphatic rings. The van der Waals surface area contributed by atoms with E-state index < -0.39 is 12.0 Å². The number of nitrogens with zero attached hydrogens (tertiary/aromatic N) is 2. The highest BCUT2D eigenvalue weighted by Crippen LogP contribution is 2.41. The number of carbonyl (C=O) groups excluding carboxylic acids is 3. The van der Waals surface area contributed by atoms with Gasteiger partial charge in [-0.2, -0.15) is 0 Å². The van der Waals surface area contributed by atoms with E-state index in [2.05, 4.69) is 11.9 Å². The van der Waals surface area contributed by atoms with Gasteiger partial charge in [-0.1, -0.05) is 12.1 Å². The lowest BCUT2D eigenvalue weighted by atomic mass is 9.84. The maximum atomic E-state index is 12.8. The number of ether oxygens (including phenoxy) is 1. The van der Waals surface area contributed by atoms with Crippen molar-refractivity contribution in [3.05, 3.63) is 35.4 Å². The molecular weight excluding hydrogens is 320 g/mol. The average molecular weight is 342 g/mol. The van der Waals surface area contributed by atoms with E-state index in [-0.39, 0.29) is 17.7 Å². The van der Waals surface area contributed by atoms with E-state index in [1.54, 1.807) is 24.3 Å². The molecule has 3 unspecified atom stereocenters. The van der Waals surface area contributed by atoms with Crippen molar-refractivity contribution in [2.24, 2.45) is 5.92 Å². The van der Waals surface area contributed by atoms with Crippen LogP contribution in [0, 0.1) is 5.92 Å². The van der Waals surface area contributed by atoms with Gasteiger partial charge in [0.15, 0.2) is 0 Å². The lowest BCUT2D eigenvalue weighted by molar-refractivity contribution is -0.148. The smallest absolute Gasteiger partial charge is 0.329 e. The molecule has 25 heavy (non-hydrogen) atoms. The first kappa shape index (κ1) is 16.3. The van der Waals surface area contributed by atoms with Crippen molar-refractivity contribution in [3.8, 4) is 0 Å².